The average Bonchev–Trinajstić information content (AvgIpc) is 3.04. The molecule has 1 amide bonds. The van der Waals surface area contributed by atoms with Crippen LogP contribution in [-0.2, 0) is 7.05 Å². The summed E-state index contributed by atoms with van der Waals surface area (Å²) in [5.74, 6) is 0.646. The number of benzene rings is 1. The van der Waals surface area contributed by atoms with Gasteiger partial charge in [-0.05, 0) is 24.1 Å². The van der Waals surface area contributed by atoms with Crippen LogP contribution >= 0.6 is 0 Å². The number of pyridine rings is 1. The van der Waals surface area contributed by atoms with Gasteiger partial charge >= 0.3 is 0 Å². The van der Waals surface area contributed by atoms with Crippen LogP contribution in [0.4, 0.5) is 0 Å². The van der Waals surface area contributed by atoms with Gasteiger partial charge in [0.15, 0.2) is 0 Å². The first-order valence-corrected chi connectivity index (χ1v) is 8.41. The van der Waals surface area contributed by atoms with E-state index in [2.05, 4.69) is 29.1 Å². The molecule has 0 saturated carbocycles. The lowest BCUT2D eigenvalue weighted by molar-refractivity contribution is 0.0920. The van der Waals surface area contributed by atoms with E-state index in [1.807, 2.05) is 24.3 Å². The predicted octanol–water partition coefficient (Wildman–Crippen LogP) is 2.78. The normalized spacial score (nSPS) is 13.6. The molecule has 0 saturated heterocycles. The fourth-order valence-electron chi connectivity index (χ4n) is 2.75. The maximum Gasteiger partial charge on any atom is 0.252 e. The van der Waals surface area contributed by atoms with Crippen LogP contribution < -0.4 is 10.9 Å². The third-order valence-corrected chi connectivity index (χ3v) is 4.57. The van der Waals surface area contributed by atoms with E-state index in [0.717, 1.165) is 23.3 Å². The van der Waals surface area contributed by atoms with Gasteiger partial charge in [0.1, 0.15) is 5.82 Å². The molecule has 6 heteroatoms. The molecule has 2 atom stereocenters. The summed E-state index contributed by atoms with van der Waals surface area (Å²) in [4.78, 5) is 32.3. The Balaban J connectivity index is 1.91. The Labute approximate surface area is 145 Å². The predicted molar refractivity (Wildman–Crippen MR) is 97.4 cm³/mol. The Morgan fingerprint density at radius 2 is 2.08 bits per heavy atom. The number of rotatable bonds is 5. The summed E-state index contributed by atoms with van der Waals surface area (Å²) in [7, 11) is 1.65. The van der Waals surface area contributed by atoms with Crippen molar-refractivity contribution in [3.63, 3.8) is 0 Å². The molecule has 0 spiro atoms. The third kappa shape index (κ3) is 3.47. The van der Waals surface area contributed by atoms with Crippen molar-refractivity contribution in [1.82, 2.24) is 19.9 Å². The summed E-state index contributed by atoms with van der Waals surface area (Å²) in [6, 6.07) is 10.5. The number of hydrogen-bond donors (Lipinski definition) is 2. The van der Waals surface area contributed by atoms with Gasteiger partial charge in [-0.15, -0.1) is 0 Å². The minimum atomic E-state index is -0.275. The molecule has 1 aromatic carbocycles. The van der Waals surface area contributed by atoms with Crippen LogP contribution in [0, 0.1) is 5.92 Å². The molecule has 3 aromatic rings. The molecular formula is C19H22N4O2. The number of fused-ring (bicyclic) bond motifs is 1. The van der Waals surface area contributed by atoms with Gasteiger partial charge in [0, 0.05) is 24.9 Å². The van der Waals surface area contributed by atoms with Crippen LogP contribution in [-0.4, -0.2) is 20.4 Å². The van der Waals surface area contributed by atoms with Gasteiger partial charge in [0.05, 0.1) is 17.1 Å². The van der Waals surface area contributed by atoms with Crippen molar-refractivity contribution in [3.8, 4) is 0 Å². The lowest BCUT2D eigenvalue weighted by Crippen LogP contribution is -2.34. The van der Waals surface area contributed by atoms with Crippen LogP contribution in [0.15, 0.2) is 47.4 Å². The number of aromatic amines is 1. The number of aryl methyl sites for hydroxylation is 1. The Bertz CT molecular complexity index is 924. The molecule has 0 unspecified atom stereocenters. The summed E-state index contributed by atoms with van der Waals surface area (Å²) in [6.07, 6.45) is 2.48. The first kappa shape index (κ1) is 17.0. The van der Waals surface area contributed by atoms with E-state index < -0.39 is 0 Å². The Morgan fingerprint density at radius 1 is 1.32 bits per heavy atom. The van der Waals surface area contributed by atoms with E-state index in [1.54, 1.807) is 19.3 Å². The van der Waals surface area contributed by atoms with Crippen molar-refractivity contribution in [1.29, 1.82) is 0 Å². The van der Waals surface area contributed by atoms with Crippen molar-refractivity contribution in [3.05, 3.63) is 64.3 Å². The molecule has 3 rings (SSSR count). The van der Waals surface area contributed by atoms with Crippen molar-refractivity contribution < 1.29 is 4.79 Å². The molecule has 0 aliphatic rings. The van der Waals surface area contributed by atoms with E-state index in [0.29, 0.717) is 5.56 Å². The van der Waals surface area contributed by atoms with Crippen molar-refractivity contribution >= 4 is 16.9 Å². The molecule has 130 valence electrons. The molecule has 2 N–H and O–H groups in total. The van der Waals surface area contributed by atoms with Crippen LogP contribution in [0.2, 0.25) is 0 Å². The summed E-state index contributed by atoms with van der Waals surface area (Å²) >= 11 is 0. The van der Waals surface area contributed by atoms with Gasteiger partial charge in [-0.25, -0.2) is 4.98 Å². The molecule has 0 bridgehead atoms. The first-order valence-electron chi connectivity index (χ1n) is 8.41. The fraction of sp³-hybridized carbons (Fsp3) is 0.316. The maximum atomic E-state index is 12.6. The number of H-pyrrole nitrogens is 1. The minimum absolute atomic E-state index is 0.191. The SMILES string of the molecule is CC[C@@H](C)[C@H](NC(=O)c1ccn(C)c(=O)c1)c1nc2ccccc2[nH]1. The van der Waals surface area contributed by atoms with Crippen molar-refractivity contribution in [2.45, 2.75) is 26.3 Å². The molecule has 0 radical (unpaired) electrons. The van der Waals surface area contributed by atoms with E-state index >= 15 is 0 Å². The molecular weight excluding hydrogens is 316 g/mol. The zero-order valence-electron chi connectivity index (χ0n) is 14.6. The zero-order valence-corrected chi connectivity index (χ0v) is 14.6. The van der Waals surface area contributed by atoms with E-state index in [-0.39, 0.29) is 23.4 Å². The number of nitrogens with zero attached hydrogens (tertiary/aromatic N) is 2. The lowest BCUT2D eigenvalue weighted by Gasteiger charge is -2.22. The monoisotopic (exact) mass is 338 g/mol. The Morgan fingerprint density at radius 3 is 2.76 bits per heavy atom. The summed E-state index contributed by atoms with van der Waals surface area (Å²) in [5.41, 5.74) is 1.95. The first-order chi connectivity index (χ1) is 12.0. The van der Waals surface area contributed by atoms with E-state index in [9.17, 15) is 9.59 Å². The molecule has 0 aliphatic heterocycles. The standard InChI is InChI=1S/C19H22N4O2/c1-4-12(2)17(18-20-14-7-5-6-8-15(14)21-18)22-19(25)13-9-10-23(3)16(24)11-13/h5-12,17H,4H2,1-3H3,(H,20,21)(H,22,25)/t12-,17+/m1/s1. The van der Waals surface area contributed by atoms with Gasteiger partial charge in [-0.2, -0.15) is 0 Å². The van der Waals surface area contributed by atoms with Gasteiger partial charge < -0.3 is 14.9 Å². The summed E-state index contributed by atoms with van der Waals surface area (Å²) < 4.78 is 1.43. The number of para-hydroxylation sites is 2. The second-order valence-electron chi connectivity index (χ2n) is 6.34. The van der Waals surface area contributed by atoms with E-state index in [1.165, 1.54) is 10.6 Å². The number of carbonyl (C=O) groups excluding carboxylic acids is 1. The van der Waals surface area contributed by atoms with Gasteiger partial charge in [0.25, 0.3) is 11.5 Å². The molecule has 6 nitrogen and oxygen atoms in total. The molecule has 0 fully saturated rings. The van der Waals surface area contributed by atoms with Crippen LogP contribution in [0.1, 0.15) is 42.5 Å². The van der Waals surface area contributed by atoms with Crippen molar-refractivity contribution in [2.24, 2.45) is 13.0 Å². The number of nitrogens with one attached hydrogen (secondary N) is 2. The van der Waals surface area contributed by atoms with Crippen LogP contribution in [0.5, 0.6) is 0 Å². The lowest BCUT2D eigenvalue weighted by atomic mass is 9.98. The number of hydrogen-bond acceptors (Lipinski definition) is 3. The van der Waals surface area contributed by atoms with Crippen LogP contribution in [0.25, 0.3) is 11.0 Å². The second-order valence-corrected chi connectivity index (χ2v) is 6.34. The van der Waals surface area contributed by atoms with Crippen molar-refractivity contribution in [2.75, 3.05) is 0 Å². The largest absolute Gasteiger partial charge is 0.342 e. The van der Waals surface area contributed by atoms with Crippen LogP contribution in [0.3, 0.4) is 0 Å². The Hall–Kier alpha value is -2.89. The highest BCUT2D eigenvalue weighted by atomic mass is 16.2. The molecule has 2 aromatic heterocycles. The summed E-state index contributed by atoms with van der Waals surface area (Å²) in [6.45, 7) is 4.15. The highest BCUT2D eigenvalue weighted by Gasteiger charge is 2.24. The number of carbonyl (C=O) groups is 1. The maximum absolute atomic E-state index is 12.6. The Kier molecular flexibility index (Phi) is 4.70. The molecule has 2 heterocycles. The minimum Gasteiger partial charge on any atom is -0.342 e. The molecule has 0 aliphatic carbocycles. The zero-order chi connectivity index (χ0) is 18.0. The van der Waals surface area contributed by atoms with E-state index in [4.69, 9.17) is 0 Å². The molecule has 25 heavy (non-hydrogen) atoms. The number of amides is 1. The van der Waals surface area contributed by atoms with Gasteiger partial charge in [0.2, 0.25) is 0 Å². The topological polar surface area (TPSA) is 79.8 Å². The quantitative estimate of drug-likeness (QED) is 0.751. The average molecular weight is 338 g/mol. The summed E-state index contributed by atoms with van der Waals surface area (Å²) in [5, 5.41) is 3.03. The third-order valence-electron chi connectivity index (χ3n) is 4.57. The highest BCUT2D eigenvalue weighted by molar-refractivity contribution is 5.94. The van der Waals surface area contributed by atoms with Gasteiger partial charge in [-0.1, -0.05) is 32.4 Å². The number of aromatic nitrogens is 3. The van der Waals surface area contributed by atoms with Gasteiger partial charge in [-0.3, -0.25) is 9.59 Å². The smallest absolute Gasteiger partial charge is 0.252 e. The number of imidazole rings is 1. The fourth-order valence-corrected chi connectivity index (χ4v) is 2.75. The highest BCUT2D eigenvalue weighted by Crippen LogP contribution is 2.25. The second kappa shape index (κ2) is 6.93.